The average Bonchev–Trinajstić information content (AvgIpc) is 2.34. The minimum absolute atomic E-state index is 0.0891. The van der Waals surface area contributed by atoms with Crippen LogP contribution in [-0.2, 0) is 6.54 Å². The molecule has 0 bridgehead atoms. The van der Waals surface area contributed by atoms with Crippen LogP contribution in [0.5, 0.6) is 0 Å². The van der Waals surface area contributed by atoms with Gasteiger partial charge in [-0.05, 0) is 6.92 Å². The second-order valence-corrected chi connectivity index (χ2v) is 2.45. The van der Waals surface area contributed by atoms with Crippen molar-refractivity contribution in [1.82, 2.24) is 9.97 Å². The van der Waals surface area contributed by atoms with Gasteiger partial charge in [0.1, 0.15) is 0 Å². The summed E-state index contributed by atoms with van der Waals surface area (Å²) in [5.74, 6) is 0. The van der Waals surface area contributed by atoms with Crippen LogP contribution in [0.25, 0.3) is 0 Å². The van der Waals surface area contributed by atoms with E-state index in [4.69, 9.17) is 0 Å². The number of hydrogen-bond donors (Lipinski definition) is 1. The van der Waals surface area contributed by atoms with E-state index >= 15 is 0 Å². The lowest BCUT2D eigenvalue weighted by Crippen LogP contribution is -2.16. The number of fused-ring (bicyclic) bond motifs is 1. The van der Waals surface area contributed by atoms with Gasteiger partial charge in [-0.2, -0.15) is 0 Å². The number of H-pyrrole nitrogens is 1. The molecule has 0 saturated carbocycles. The molecule has 56 valence electrons. The van der Waals surface area contributed by atoms with E-state index in [2.05, 4.69) is 15.0 Å². The Kier molecular flexibility index (Phi) is 1.15. The highest BCUT2D eigenvalue weighted by molar-refractivity contribution is 6.00. The summed E-state index contributed by atoms with van der Waals surface area (Å²) in [5, 5.41) is 0. The molecule has 4 nitrogen and oxygen atoms in total. The number of nitrogens with one attached hydrogen (secondary N) is 1. The van der Waals surface area contributed by atoms with Crippen LogP contribution in [0.4, 0.5) is 0 Å². The van der Waals surface area contributed by atoms with Crippen molar-refractivity contribution in [2.45, 2.75) is 13.5 Å². The van der Waals surface area contributed by atoms with Crippen LogP contribution in [0, 0.1) is 0 Å². The summed E-state index contributed by atoms with van der Waals surface area (Å²) in [6.07, 6.45) is 1.41. The highest BCUT2D eigenvalue weighted by Gasteiger charge is 2.15. The van der Waals surface area contributed by atoms with Gasteiger partial charge in [0.25, 0.3) is 5.56 Å². The van der Waals surface area contributed by atoms with Gasteiger partial charge < -0.3 is 4.98 Å². The Morgan fingerprint density at radius 2 is 2.45 bits per heavy atom. The Labute approximate surface area is 63.0 Å². The zero-order chi connectivity index (χ0) is 7.84. The fourth-order valence-corrected chi connectivity index (χ4v) is 1.20. The molecule has 0 unspecified atom stereocenters. The Balaban J connectivity index is 2.77. The molecule has 0 spiro atoms. The van der Waals surface area contributed by atoms with E-state index < -0.39 is 0 Å². The molecule has 2 rings (SSSR count). The first-order valence-corrected chi connectivity index (χ1v) is 3.37. The highest BCUT2D eigenvalue weighted by Crippen LogP contribution is 2.10. The molecule has 1 aliphatic rings. The van der Waals surface area contributed by atoms with Crippen LogP contribution in [-0.4, -0.2) is 15.7 Å². The van der Waals surface area contributed by atoms with E-state index in [9.17, 15) is 4.79 Å². The first kappa shape index (κ1) is 6.27. The summed E-state index contributed by atoms with van der Waals surface area (Å²) in [6, 6.07) is 0. The van der Waals surface area contributed by atoms with Gasteiger partial charge in [0.05, 0.1) is 24.1 Å². The van der Waals surface area contributed by atoms with Gasteiger partial charge in [0.15, 0.2) is 0 Å². The van der Waals surface area contributed by atoms with Crippen LogP contribution >= 0.6 is 0 Å². The quantitative estimate of drug-likeness (QED) is 0.568. The van der Waals surface area contributed by atoms with Gasteiger partial charge in [-0.25, -0.2) is 4.98 Å². The Bertz CT molecular complexity index is 378. The number of hydrogen-bond acceptors (Lipinski definition) is 3. The van der Waals surface area contributed by atoms with Gasteiger partial charge in [-0.1, -0.05) is 0 Å². The Morgan fingerprint density at radius 1 is 1.64 bits per heavy atom. The van der Waals surface area contributed by atoms with Gasteiger partial charge in [-0.15, -0.1) is 0 Å². The number of aliphatic imine (C=N–C) groups is 1. The lowest BCUT2D eigenvalue weighted by Gasteiger charge is -1.93. The number of nitrogens with zero attached hydrogens (tertiary/aromatic N) is 2. The lowest BCUT2D eigenvalue weighted by atomic mass is 10.2. The normalized spacial score (nSPS) is 14.5. The third-order valence-corrected chi connectivity index (χ3v) is 1.76. The summed E-state index contributed by atoms with van der Waals surface area (Å²) in [6.45, 7) is 2.37. The van der Waals surface area contributed by atoms with Crippen molar-refractivity contribution in [3.63, 3.8) is 0 Å². The molecule has 0 atom stereocenters. The summed E-state index contributed by atoms with van der Waals surface area (Å²) in [7, 11) is 0. The largest absolute Gasteiger partial charge is 0.313 e. The molecule has 0 fully saturated rings. The molecule has 4 heteroatoms. The molecule has 0 radical (unpaired) electrons. The molecule has 1 N–H and O–H groups in total. The fourth-order valence-electron chi connectivity index (χ4n) is 1.20. The van der Waals surface area contributed by atoms with Crippen LogP contribution in [0.2, 0.25) is 0 Å². The van der Waals surface area contributed by atoms with E-state index in [-0.39, 0.29) is 5.56 Å². The number of aromatic nitrogens is 2. The van der Waals surface area contributed by atoms with Crippen LogP contribution < -0.4 is 5.56 Å². The summed E-state index contributed by atoms with van der Waals surface area (Å²) in [5.41, 5.74) is 2.13. The smallest absolute Gasteiger partial charge is 0.260 e. The molecule has 11 heavy (non-hydrogen) atoms. The maximum absolute atomic E-state index is 11.1. The zero-order valence-electron chi connectivity index (χ0n) is 6.09. The van der Waals surface area contributed by atoms with Gasteiger partial charge in [0.2, 0.25) is 0 Å². The average molecular weight is 149 g/mol. The standard InChI is InChI=1S/C7H7N3O/c1-4-6-5(2-8-4)9-3-10-7(6)11/h3H,2H2,1H3,(H,9,10,11). The third-order valence-electron chi connectivity index (χ3n) is 1.76. The lowest BCUT2D eigenvalue weighted by molar-refractivity contribution is 0.978. The predicted molar refractivity (Wildman–Crippen MR) is 40.8 cm³/mol. The molecule has 2 heterocycles. The Hall–Kier alpha value is -1.45. The first-order chi connectivity index (χ1) is 5.29. The van der Waals surface area contributed by atoms with E-state index in [1.807, 2.05) is 6.92 Å². The van der Waals surface area contributed by atoms with Crippen molar-refractivity contribution in [1.29, 1.82) is 0 Å². The number of rotatable bonds is 0. The van der Waals surface area contributed by atoms with Gasteiger partial charge in [-0.3, -0.25) is 9.79 Å². The van der Waals surface area contributed by atoms with Crippen molar-refractivity contribution in [3.05, 3.63) is 27.9 Å². The van der Waals surface area contributed by atoms with Crippen molar-refractivity contribution < 1.29 is 0 Å². The zero-order valence-corrected chi connectivity index (χ0v) is 6.09. The van der Waals surface area contributed by atoms with Crippen LogP contribution in [0.1, 0.15) is 18.2 Å². The maximum Gasteiger partial charge on any atom is 0.260 e. The highest BCUT2D eigenvalue weighted by atomic mass is 16.1. The second kappa shape index (κ2) is 2.02. The molecule has 0 aromatic carbocycles. The molecular weight excluding hydrogens is 142 g/mol. The monoisotopic (exact) mass is 149 g/mol. The Morgan fingerprint density at radius 3 is 3.18 bits per heavy atom. The summed E-state index contributed by atoms with van der Waals surface area (Å²) < 4.78 is 0. The van der Waals surface area contributed by atoms with Crippen molar-refractivity contribution in [2.24, 2.45) is 4.99 Å². The fraction of sp³-hybridized carbons (Fsp3) is 0.286. The topological polar surface area (TPSA) is 58.1 Å². The van der Waals surface area contributed by atoms with Crippen molar-refractivity contribution >= 4 is 5.71 Å². The second-order valence-electron chi connectivity index (χ2n) is 2.45. The molecule has 0 aliphatic carbocycles. The van der Waals surface area contributed by atoms with Crippen LogP contribution in [0.15, 0.2) is 16.1 Å². The first-order valence-electron chi connectivity index (χ1n) is 3.37. The molecule has 1 aromatic heterocycles. The maximum atomic E-state index is 11.1. The molecule has 0 amide bonds. The van der Waals surface area contributed by atoms with Crippen LogP contribution in [0.3, 0.4) is 0 Å². The van der Waals surface area contributed by atoms with E-state index in [1.54, 1.807) is 0 Å². The third kappa shape index (κ3) is 0.790. The van der Waals surface area contributed by atoms with Crippen molar-refractivity contribution in [2.75, 3.05) is 0 Å². The van der Waals surface area contributed by atoms with E-state index in [0.29, 0.717) is 12.1 Å². The van der Waals surface area contributed by atoms with Gasteiger partial charge in [0, 0.05) is 5.71 Å². The van der Waals surface area contributed by atoms with E-state index in [1.165, 1.54) is 6.33 Å². The van der Waals surface area contributed by atoms with E-state index in [0.717, 1.165) is 11.4 Å². The van der Waals surface area contributed by atoms with Gasteiger partial charge >= 0.3 is 0 Å². The molecule has 1 aromatic rings. The molecule has 1 aliphatic heterocycles. The minimum atomic E-state index is -0.0891. The molecular formula is C7H7N3O. The number of aromatic amines is 1. The molecule has 0 saturated heterocycles. The predicted octanol–water partition coefficient (Wildman–Crippen LogP) is 0.0925. The summed E-state index contributed by atoms with van der Waals surface area (Å²) in [4.78, 5) is 21.8. The summed E-state index contributed by atoms with van der Waals surface area (Å²) >= 11 is 0. The van der Waals surface area contributed by atoms with Crippen molar-refractivity contribution in [3.8, 4) is 0 Å². The minimum Gasteiger partial charge on any atom is -0.313 e. The SMILES string of the molecule is CC1=NCc2nc[nH]c(=O)c21.